The number of Topliss-reactive ketones (excluding diaryl/α,β-unsaturated/α-hetero) is 1. The van der Waals surface area contributed by atoms with Crippen molar-refractivity contribution in [3.05, 3.63) is 77.5 Å². The van der Waals surface area contributed by atoms with E-state index in [0.29, 0.717) is 24.4 Å². The van der Waals surface area contributed by atoms with Crippen LogP contribution in [0.3, 0.4) is 0 Å². The maximum absolute atomic E-state index is 13.3. The smallest absolute Gasteiger partial charge is 0.220 e. The van der Waals surface area contributed by atoms with Crippen molar-refractivity contribution in [3.8, 4) is 17.0 Å². The second-order valence-corrected chi connectivity index (χ2v) is 9.64. The van der Waals surface area contributed by atoms with E-state index in [1.165, 1.54) is 5.56 Å². The summed E-state index contributed by atoms with van der Waals surface area (Å²) in [5.74, 6) is 1.08. The average molecular weight is 467 g/mol. The molecule has 3 aliphatic rings. The lowest BCUT2D eigenvalue weighted by Gasteiger charge is -2.26. The van der Waals surface area contributed by atoms with Crippen molar-refractivity contribution in [2.45, 2.75) is 37.5 Å². The van der Waals surface area contributed by atoms with Crippen LogP contribution in [0.5, 0.6) is 5.75 Å². The van der Waals surface area contributed by atoms with Gasteiger partial charge in [0, 0.05) is 60.2 Å². The second kappa shape index (κ2) is 8.41. The molecule has 7 nitrogen and oxygen atoms in total. The fourth-order valence-electron chi connectivity index (χ4n) is 5.27. The Balaban J connectivity index is 1.34. The van der Waals surface area contributed by atoms with Crippen LogP contribution in [0.15, 0.2) is 55.0 Å². The highest BCUT2D eigenvalue weighted by Crippen LogP contribution is 2.56. The number of ether oxygens (including phenoxy) is 1. The Bertz CT molecular complexity index is 1360. The first-order chi connectivity index (χ1) is 17.1. The highest BCUT2D eigenvalue weighted by Gasteiger charge is 2.47. The van der Waals surface area contributed by atoms with E-state index in [1.54, 1.807) is 31.8 Å². The summed E-state index contributed by atoms with van der Waals surface area (Å²) in [5, 5.41) is 2.81. The van der Waals surface area contributed by atoms with E-state index in [0.717, 1.165) is 47.4 Å². The summed E-state index contributed by atoms with van der Waals surface area (Å²) in [5.41, 5.74) is 5.65. The molecule has 7 heteroatoms. The topological polar surface area (TPSA) is 94.1 Å². The van der Waals surface area contributed by atoms with Crippen LogP contribution >= 0.6 is 0 Å². The molecule has 2 aromatic heterocycles. The summed E-state index contributed by atoms with van der Waals surface area (Å²) in [6.07, 6.45) is 11.7. The highest BCUT2D eigenvalue weighted by atomic mass is 16.5. The van der Waals surface area contributed by atoms with Gasteiger partial charge in [-0.2, -0.15) is 0 Å². The van der Waals surface area contributed by atoms with Gasteiger partial charge in [-0.1, -0.05) is 18.2 Å². The summed E-state index contributed by atoms with van der Waals surface area (Å²) < 4.78 is 5.30. The summed E-state index contributed by atoms with van der Waals surface area (Å²) in [6, 6.07) is 9.70. The van der Waals surface area contributed by atoms with Gasteiger partial charge in [-0.3, -0.25) is 14.6 Å². The standard InChI is InChI=1S/C28H26N4O3/c1-35-20-6-11-29-24(14-20)19-15-31-27(32-16-19)21-4-7-28(8-9-28)23-3-2-17(12-22(21)23)26(34)18-5-10-30-25(33)13-18/h2-4,6,11-12,14-16,18H,5,7-10,13H2,1H3,(H,30,33). The third-order valence-corrected chi connectivity index (χ3v) is 7.49. The molecule has 0 radical (unpaired) electrons. The van der Waals surface area contributed by atoms with E-state index in [4.69, 9.17) is 4.74 Å². The van der Waals surface area contributed by atoms with E-state index in [2.05, 4.69) is 32.4 Å². The maximum atomic E-state index is 13.3. The Morgan fingerprint density at radius 3 is 2.69 bits per heavy atom. The Labute approximate surface area is 203 Å². The van der Waals surface area contributed by atoms with E-state index in [-0.39, 0.29) is 29.4 Å². The number of fused-ring (bicyclic) bond motifs is 2. The molecule has 1 amide bonds. The first-order valence-electron chi connectivity index (χ1n) is 12.1. The zero-order valence-electron chi connectivity index (χ0n) is 19.6. The summed E-state index contributed by atoms with van der Waals surface area (Å²) in [6.45, 7) is 0.552. The molecule has 0 bridgehead atoms. The van der Waals surface area contributed by atoms with E-state index < -0.39 is 0 Å². The zero-order chi connectivity index (χ0) is 24.0. The average Bonchev–Trinajstić information content (AvgIpc) is 3.68. The van der Waals surface area contributed by atoms with Crippen molar-refractivity contribution in [2.24, 2.45) is 5.92 Å². The van der Waals surface area contributed by atoms with Crippen LogP contribution in [0.2, 0.25) is 0 Å². The number of pyridine rings is 1. The molecular weight excluding hydrogens is 440 g/mol. The molecule has 6 rings (SSSR count). The van der Waals surface area contributed by atoms with Crippen LogP contribution in [0.4, 0.5) is 0 Å². The summed E-state index contributed by atoms with van der Waals surface area (Å²) in [7, 11) is 1.63. The number of amides is 1. The molecule has 1 atom stereocenters. The largest absolute Gasteiger partial charge is 0.497 e. The molecule has 1 aromatic carbocycles. The first-order valence-corrected chi connectivity index (χ1v) is 12.1. The molecular formula is C28H26N4O3. The molecule has 35 heavy (non-hydrogen) atoms. The van der Waals surface area contributed by atoms with Crippen LogP contribution in [-0.2, 0) is 10.2 Å². The van der Waals surface area contributed by atoms with Gasteiger partial charge < -0.3 is 10.1 Å². The van der Waals surface area contributed by atoms with Crippen molar-refractivity contribution in [1.82, 2.24) is 20.3 Å². The minimum absolute atomic E-state index is 0.0396. The predicted octanol–water partition coefficient (Wildman–Crippen LogP) is 4.12. The van der Waals surface area contributed by atoms with Crippen molar-refractivity contribution in [2.75, 3.05) is 13.7 Å². The van der Waals surface area contributed by atoms with Gasteiger partial charge in [0.25, 0.3) is 0 Å². The molecule has 2 aliphatic carbocycles. The molecule has 1 aliphatic heterocycles. The fraction of sp³-hybridized carbons (Fsp3) is 0.321. The molecule has 1 spiro atoms. The second-order valence-electron chi connectivity index (χ2n) is 9.64. The van der Waals surface area contributed by atoms with Gasteiger partial charge in [0.1, 0.15) is 5.75 Å². The zero-order valence-corrected chi connectivity index (χ0v) is 19.6. The third-order valence-electron chi connectivity index (χ3n) is 7.49. The number of carbonyl (C=O) groups is 2. The van der Waals surface area contributed by atoms with Crippen LogP contribution < -0.4 is 10.1 Å². The SMILES string of the molecule is COc1ccnc(-c2cnc(C3=CCC4(CC4)c4ccc(C(=O)C5CCNC(=O)C5)cc43)nc2)c1. The molecule has 2 fully saturated rings. The number of nitrogens with zero attached hydrogens (tertiary/aromatic N) is 3. The van der Waals surface area contributed by atoms with Crippen LogP contribution in [0, 0.1) is 5.92 Å². The van der Waals surface area contributed by atoms with Gasteiger partial charge >= 0.3 is 0 Å². The van der Waals surface area contributed by atoms with Gasteiger partial charge in [0.05, 0.1) is 12.8 Å². The van der Waals surface area contributed by atoms with Crippen LogP contribution in [0.1, 0.15) is 59.4 Å². The lowest BCUT2D eigenvalue weighted by molar-refractivity contribution is -0.123. The quantitative estimate of drug-likeness (QED) is 0.569. The minimum atomic E-state index is -0.265. The van der Waals surface area contributed by atoms with Crippen LogP contribution in [0.25, 0.3) is 16.8 Å². The molecule has 3 heterocycles. The van der Waals surface area contributed by atoms with Gasteiger partial charge in [-0.25, -0.2) is 9.97 Å². The molecule has 1 unspecified atom stereocenters. The van der Waals surface area contributed by atoms with Crippen molar-refractivity contribution in [1.29, 1.82) is 0 Å². The number of piperidine rings is 1. The number of nitrogens with one attached hydrogen (secondary N) is 1. The molecule has 176 valence electrons. The van der Waals surface area contributed by atoms with E-state index >= 15 is 0 Å². The number of hydrogen-bond donors (Lipinski definition) is 1. The van der Waals surface area contributed by atoms with Gasteiger partial charge in [0.15, 0.2) is 11.6 Å². The normalized spacial score (nSPS) is 20.0. The molecule has 1 N–H and O–H groups in total. The van der Waals surface area contributed by atoms with E-state index in [1.807, 2.05) is 18.2 Å². The van der Waals surface area contributed by atoms with Gasteiger partial charge in [-0.05, 0) is 54.4 Å². The Hall–Kier alpha value is -3.87. The monoisotopic (exact) mass is 466 g/mol. The number of allylic oxidation sites excluding steroid dienone is 1. The Kier molecular flexibility index (Phi) is 5.20. The van der Waals surface area contributed by atoms with Crippen molar-refractivity contribution >= 4 is 17.3 Å². The third kappa shape index (κ3) is 3.91. The predicted molar refractivity (Wildman–Crippen MR) is 131 cm³/mol. The number of methoxy groups -OCH3 is 1. The Morgan fingerprint density at radius 1 is 1.11 bits per heavy atom. The number of benzene rings is 1. The summed E-state index contributed by atoms with van der Waals surface area (Å²) in [4.78, 5) is 38.9. The molecule has 1 saturated heterocycles. The van der Waals surface area contributed by atoms with Crippen molar-refractivity contribution in [3.63, 3.8) is 0 Å². The molecule has 3 aromatic rings. The summed E-state index contributed by atoms with van der Waals surface area (Å²) >= 11 is 0. The number of ketones is 1. The first kappa shape index (κ1) is 21.6. The molecule has 1 saturated carbocycles. The minimum Gasteiger partial charge on any atom is -0.497 e. The lowest BCUT2D eigenvalue weighted by atomic mass is 9.78. The maximum Gasteiger partial charge on any atom is 0.220 e. The van der Waals surface area contributed by atoms with Crippen molar-refractivity contribution < 1.29 is 14.3 Å². The van der Waals surface area contributed by atoms with Crippen LogP contribution in [-0.4, -0.2) is 40.3 Å². The number of hydrogen-bond acceptors (Lipinski definition) is 6. The number of carbonyl (C=O) groups excluding carboxylic acids is 2. The number of rotatable bonds is 5. The lowest BCUT2D eigenvalue weighted by Crippen LogP contribution is -2.36. The van der Waals surface area contributed by atoms with E-state index in [9.17, 15) is 9.59 Å². The number of aromatic nitrogens is 3. The fourth-order valence-corrected chi connectivity index (χ4v) is 5.27. The highest BCUT2D eigenvalue weighted by molar-refractivity contribution is 6.01. The Morgan fingerprint density at radius 2 is 1.94 bits per heavy atom. The van der Waals surface area contributed by atoms with Gasteiger partial charge in [0.2, 0.25) is 5.91 Å². The van der Waals surface area contributed by atoms with Gasteiger partial charge in [-0.15, -0.1) is 0 Å².